The number of likely N-dealkylation sites (tertiary alicyclic amines) is 1. The van der Waals surface area contributed by atoms with E-state index >= 15 is 0 Å². The number of rotatable bonds is 1. The fraction of sp³-hybridized carbons (Fsp3) is 0.400. The Hall–Kier alpha value is -1.38. The number of carbonyl (C=O) groups is 1. The summed E-state index contributed by atoms with van der Waals surface area (Å²) in [6.45, 7) is 1.77. The van der Waals surface area contributed by atoms with Crippen molar-refractivity contribution in [2.45, 2.75) is 12.8 Å². The lowest BCUT2D eigenvalue weighted by Gasteiger charge is -2.14. The van der Waals surface area contributed by atoms with Crippen molar-refractivity contribution in [1.82, 2.24) is 9.88 Å². The average Bonchev–Trinajstić information content (AvgIpc) is 2.71. The molecule has 67 valence electrons. The van der Waals surface area contributed by atoms with Crippen LogP contribution < -0.4 is 0 Å². The molecule has 1 amide bonds. The molecule has 1 aromatic rings. The van der Waals surface area contributed by atoms with Crippen molar-refractivity contribution in [1.29, 1.82) is 0 Å². The molecule has 13 heavy (non-hydrogen) atoms. The van der Waals surface area contributed by atoms with Crippen LogP contribution in [0.25, 0.3) is 0 Å². The van der Waals surface area contributed by atoms with E-state index in [1.807, 2.05) is 4.90 Å². The quantitative estimate of drug-likeness (QED) is 0.640. The first-order valence-corrected chi connectivity index (χ1v) is 4.48. The van der Waals surface area contributed by atoms with Gasteiger partial charge in [-0.05, 0) is 18.9 Å². The molecule has 0 spiro atoms. The van der Waals surface area contributed by atoms with Crippen molar-refractivity contribution in [3.63, 3.8) is 0 Å². The lowest BCUT2D eigenvalue weighted by molar-refractivity contribution is 0.0792. The highest BCUT2D eigenvalue weighted by atomic mass is 16.2. The van der Waals surface area contributed by atoms with Crippen LogP contribution in [0, 0.1) is 6.07 Å². The van der Waals surface area contributed by atoms with E-state index in [9.17, 15) is 4.79 Å². The molecule has 0 aliphatic carbocycles. The van der Waals surface area contributed by atoms with E-state index in [2.05, 4.69) is 11.1 Å². The van der Waals surface area contributed by atoms with E-state index in [1.54, 1.807) is 18.5 Å². The molecule has 1 fully saturated rings. The van der Waals surface area contributed by atoms with E-state index in [4.69, 9.17) is 0 Å². The Balaban J connectivity index is 2.13. The normalized spacial score (nSPS) is 16.2. The molecule has 1 radical (unpaired) electrons. The number of hydrogen-bond donors (Lipinski definition) is 0. The molecule has 0 unspecified atom stereocenters. The fourth-order valence-corrected chi connectivity index (χ4v) is 1.54. The Labute approximate surface area is 77.4 Å². The van der Waals surface area contributed by atoms with Crippen molar-refractivity contribution in [3.8, 4) is 0 Å². The highest BCUT2D eigenvalue weighted by molar-refractivity contribution is 5.93. The summed E-state index contributed by atoms with van der Waals surface area (Å²) in [4.78, 5) is 17.5. The predicted molar refractivity (Wildman–Crippen MR) is 48.2 cm³/mol. The Morgan fingerprint density at radius 2 is 2.23 bits per heavy atom. The first-order chi connectivity index (χ1) is 6.38. The highest BCUT2D eigenvalue weighted by Gasteiger charge is 2.18. The van der Waals surface area contributed by atoms with Crippen LogP contribution in [-0.2, 0) is 0 Å². The summed E-state index contributed by atoms with van der Waals surface area (Å²) in [6.07, 6.45) is 5.39. The molecule has 0 atom stereocenters. The summed E-state index contributed by atoms with van der Waals surface area (Å²) in [7, 11) is 0. The number of nitrogens with zero attached hydrogens (tertiary/aromatic N) is 2. The summed E-state index contributed by atoms with van der Waals surface area (Å²) >= 11 is 0. The molecule has 0 aromatic carbocycles. The van der Waals surface area contributed by atoms with Crippen LogP contribution in [0.3, 0.4) is 0 Å². The van der Waals surface area contributed by atoms with Crippen LogP contribution in [0.5, 0.6) is 0 Å². The first-order valence-electron chi connectivity index (χ1n) is 4.48. The van der Waals surface area contributed by atoms with Crippen LogP contribution >= 0.6 is 0 Å². The predicted octanol–water partition coefficient (Wildman–Crippen LogP) is 1.12. The first kappa shape index (κ1) is 8.23. The summed E-state index contributed by atoms with van der Waals surface area (Å²) in [6, 6.07) is 4.49. The summed E-state index contributed by atoms with van der Waals surface area (Å²) in [5.74, 6) is 0.0850. The van der Waals surface area contributed by atoms with Crippen molar-refractivity contribution >= 4 is 5.91 Å². The molecule has 3 nitrogen and oxygen atoms in total. The van der Waals surface area contributed by atoms with Gasteiger partial charge in [0.05, 0.1) is 5.56 Å². The number of pyridine rings is 1. The topological polar surface area (TPSA) is 33.2 Å². The lowest BCUT2D eigenvalue weighted by atomic mass is 10.2. The van der Waals surface area contributed by atoms with E-state index < -0.39 is 0 Å². The molecule has 1 aliphatic heterocycles. The largest absolute Gasteiger partial charge is 0.339 e. The van der Waals surface area contributed by atoms with Crippen molar-refractivity contribution in [2.75, 3.05) is 13.1 Å². The van der Waals surface area contributed by atoms with Gasteiger partial charge in [-0.15, -0.1) is 0 Å². The van der Waals surface area contributed by atoms with Crippen molar-refractivity contribution < 1.29 is 4.79 Å². The second-order valence-corrected chi connectivity index (χ2v) is 3.17. The maximum Gasteiger partial charge on any atom is 0.255 e. The van der Waals surface area contributed by atoms with Gasteiger partial charge < -0.3 is 4.90 Å². The molecule has 3 heteroatoms. The highest BCUT2D eigenvalue weighted by Crippen LogP contribution is 2.11. The minimum Gasteiger partial charge on any atom is -0.339 e. The average molecular weight is 175 g/mol. The number of amides is 1. The standard InChI is InChI=1S/C10H11N2O/c13-10(12-6-1-2-7-12)9-4-3-5-11-8-9/h4-5,8H,1-2,6-7H2. The van der Waals surface area contributed by atoms with Gasteiger partial charge in [-0.25, -0.2) is 0 Å². The van der Waals surface area contributed by atoms with Gasteiger partial charge in [-0.3, -0.25) is 9.78 Å². The third-order valence-corrected chi connectivity index (χ3v) is 2.24. The third-order valence-electron chi connectivity index (χ3n) is 2.24. The van der Waals surface area contributed by atoms with Gasteiger partial charge in [0, 0.05) is 31.5 Å². The second-order valence-electron chi connectivity index (χ2n) is 3.17. The van der Waals surface area contributed by atoms with Crippen LogP contribution in [-0.4, -0.2) is 28.9 Å². The molecule has 2 heterocycles. The van der Waals surface area contributed by atoms with Gasteiger partial charge in [0.25, 0.3) is 5.91 Å². The number of carbonyl (C=O) groups excluding carboxylic acids is 1. The minimum absolute atomic E-state index is 0.0850. The Kier molecular flexibility index (Phi) is 2.25. The summed E-state index contributed by atoms with van der Waals surface area (Å²) in [5, 5.41) is 0. The van der Waals surface area contributed by atoms with Crippen LogP contribution in [0.2, 0.25) is 0 Å². The van der Waals surface area contributed by atoms with Gasteiger partial charge in [0.2, 0.25) is 0 Å². The van der Waals surface area contributed by atoms with E-state index in [-0.39, 0.29) is 5.91 Å². The molecule has 0 saturated carbocycles. The zero-order valence-electron chi connectivity index (χ0n) is 7.36. The summed E-state index contributed by atoms with van der Waals surface area (Å²) in [5.41, 5.74) is 0.643. The molecule has 0 N–H and O–H groups in total. The van der Waals surface area contributed by atoms with Crippen LogP contribution in [0.4, 0.5) is 0 Å². The molecule has 1 aliphatic rings. The van der Waals surface area contributed by atoms with Crippen molar-refractivity contribution in [3.05, 3.63) is 30.1 Å². The SMILES string of the molecule is O=C(c1c[c]cnc1)N1CCCC1. The van der Waals surface area contributed by atoms with Gasteiger partial charge in [-0.1, -0.05) is 0 Å². The number of aromatic nitrogens is 1. The monoisotopic (exact) mass is 175 g/mol. The van der Waals surface area contributed by atoms with Gasteiger partial charge in [0.1, 0.15) is 0 Å². The zero-order valence-corrected chi connectivity index (χ0v) is 7.36. The molecular weight excluding hydrogens is 164 g/mol. The van der Waals surface area contributed by atoms with Gasteiger partial charge >= 0.3 is 0 Å². The molecule has 1 saturated heterocycles. The van der Waals surface area contributed by atoms with Gasteiger partial charge in [0.15, 0.2) is 0 Å². The fourth-order valence-electron chi connectivity index (χ4n) is 1.54. The van der Waals surface area contributed by atoms with E-state index in [0.717, 1.165) is 25.9 Å². The van der Waals surface area contributed by atoms with Crippen molar-refractivity contribution in [2.24, 2.45) is 0 Å². The minimum atomic E-state index is 0.0850. The Morgan fingerprint density at radius 1 is 1.46 bits per heavy atom. The zero-order chi connectivity index (χ0) is 9.10. The lowest BCUT2D eigenvalue weighted by Crippen LogP contribution is -2.27. The van der Waals surface area contributed by atoms with Crippen LogP contribution in [0.15, 0.2) is 18.5 Å². The van der Waals surface area contributed by atoms with E-state index in [1.165, 1.54) is 0 Å². The Morgan fingerprint density at radius 3 is 2.85 bits per heavy atom. The van der Waals surface area contributed by atoms with E-state index in [0.29, 0.717) is 5.56 Å². The third kappa shape index (κ3) is 1.69. The maximum absolute atomic E-state index is 11.7. The smallest absolute Gasteiger partial charge is 0.255 e. The number of hydrogen-bond acceptors (Lipinski definition) is 2. The maximum atomic E-state index is 11.7. The van der Waals surface area contributed by atoms with Gasteiger partial charge in [-0.2, -0.15) is 0 Å². The molecule has 1 aromatic heterocycles. The Bertz CT molecular complexity index is 291. The second kappa shape index (κ2) is 3.56. The van der Waals surface area contributed by atoms with Crippen LogP contribution in [0.1, 0.15) is 23.2 Å². The molecule has 2 rings (SSSR count). The summed E-state index contributed by atoms with van der Waals surface area (Å²) < 4.78 is 0. The molecule has 0 bridgehead atoms. The molecular formula is C10H11N2O.